The van der Waals surface area contributed by atoms with Gasteiger partial charge in [-0.15, -0.1) is 0 Å². The van der Waals surface area contributed by atoms with E-state index in [1.165, 1.54) is 0 Å². The van der Waals surface area contributed by atoms with Crippen molar-refractivity contribution >= 4 is 28.6 Å². The van der Waals surface area contributed by atoms with Crippen LogP contribution in [0.25, 0.3) is 10.9 Å². The molecule has 1 saturated heterocycles. The number of carbonyl (C=O) groups excluding carboxylic acids is 3. The Morgan fingerprint density at radius 1 is 1.18 bits per heavy atom. The van der Waals surface area contributed by atoms with Crippen LogP contribution in [0.2, 0.25) is 0 Å². The number of rotatable bonds is 7. The summed E-state index contributed by atoms with van der Waals surface area (Å²) in [6.45, 7) is 2.53. The quantitative estimate of drug-likeness (QED) is 0.315. The molecular weight excluding hydrogens is 436 g/mol. The maximum Gasteiger partial charge on any atom is 0.251 e. The van der Waals surface area contributed by atoms with Gasteiger partial charge in [-0.3, -0.25) is 24.6 Å². The lowest BCUT2D eigenvalue weighted by atomic mass is 9.88. The van der Waals surface area contributed by atoms with E-state index in [2.05, 4.69) is 15.6 Å². The van der Waals surface area contributed by atoms with Crippen LogP contribution in [0.15, 0.2) is 54.6 Å². The van der Waals surface area contributed by atoms with Crippen LogP contribution >= 0.6 is 0 Å². The molecule has 1 unspecified atom stereocenters. The third-order valence-electron chi connectivity index (χ3n) is 5.87. The summed E-state index contributed by atoms with van der Waals surface area (Å²) in [4.78, 5) is 40.6. The van der Waals surface area contributed by atoms with Crippen LogP contribution < -0.4 is 20.9 Å². The number of amides is 3. The highest BCUT2D eigenvalue weighted by Gasteiger charge is 2.32. The summed E-state index contributed by atoms with van der Waals surface area (Å²) in [7, 11) is 0. The van der Waals surface area contributed by atoms with Crippen molar-refractivity contribution in [3.63, 3.8) is 0 Å². The van der Waals surface area contributed by atoms with Crippen molar-refractivity contribution in [3.8, 4) is 5.75 Å². The number of hydrogen-bond donors (Lipinski definition) is 4. The van der Waals surface area contributed by atoms with Gasteiger partial charge in [-0.1, -0.05) is 18.2 Å². The summed E-state index contributed by atoms with van der Waals surface area (Å²) in [6, 6.07) is 16.3. The molecule has 0 aliphatic carbocycles. The van der Waals surface area contributed by atoms with Gasteiger partial charge in [-0.05, 0) is 49.2 Å². The van der Waals surface area contributed by atoms with Gasteiger partial charge in [0.2, 0.25) is 11.8 Å². The number of ether oxygens (including phenoxy) is 1. The van der Waals surface area contributed by atoms with E-state index in [9.17, 15) is 14.4 Å². The van der Waals surface area contributed by atoms with Crippen molar-refractivity contribution in [2.75, 3.05) is 6.54 Å². The lowest BCUT2D eigenvalue weighted by Crippen LogP contribution is -2.53. The van der Waals surface area contributed by atoms with E-state index in [0.717, 1.165) is 22.2 Å². The molecule has 4 N–H and O–H groups in total. The Labute approximate surface area is 196 Å². The number of benzene rings is 2. The van der Waals surface area contributed by atoms with E-state index in [1.807, 2.05) is 37.3 Å². The fourth-order valence-corrected chi connectivity index (χ4v) is 4.14. The molecule has 3 amide bonds. The van der Waals surface area contributed by atoms with Crippen molar-refractivity contribution in [3.05, 3.63) is 71.4 Å². The molecule has 0 bridgehead atoms. The number of nitrogens with one attached hydrogen (secondary N) is 3. The van der Waals surface area contributed by atoms with Crippen LogP contribution in [0.1, 0.15) is 34.5 Å². The molecule has 3 aromatic rings. The minimum atomic E-state index is -0.599. The molecule has 0 saturated carbocycles. The highest BCUT2D eigenvalue weighted by atomic mass is 16.5. The van der Waals surface area contributed by atoms with Crippen molar-refractivity contribution in [2.24, 2.45) is 5.92 Å². The maximum absolute atomic E-state index is 12.7. The Bertz CT molecular complexity index is 1210. The predicted molar refractivity (Wildman–Crippen MR) is 124 cm³/mol. The Kier molecular flexibility index (Phi) is 7.03. The number of piperidine rings is 1. The lowest BCUT2D eigenvalue weighted by Gasteiger charge is -2.31. The Morgan fingerprint density at radius 2 is 1.94 bits per heavy atom. The SMILES string of the molecule is Cc1cc(COc2ccc(C(=O)N[C@@H]3CNC(=O)CC3CC(=O)NO)cc2)c2ccccc2n1. The zero-order valence-corrected chi connectivity index (χ0v) is 18.7. The lowest BCUT2D eigenvalue weighted by molar-refractivity contribution is -0.131. The number of aryl methyl sites for hydroxylation is 1. The molecule has 1 aromatic heterocycles. The molecule has 176 valence electrons. The molecule has 1 aliphatic rings. The van der Waals surface area contributed by atoms with Crippen molar-refractivity contribution in [1.29, 1.82) is 0 Å². The summed E-state index contributed by atoms with van der Waals surface area (Å²) in [5.41, 5.74) is 4.87. The van der Waals surface area contributed by atoms with E-state index in [-0.39, 0.29) is 31.2 Å². The summed E-state index contributed by atoms with van der Waals surface area (Å²) < 4.78 is 5.95. The number of pyridine rings is 1. The first-order valence-corrected chi connectivity index (χ1v) is 11.0. The van der Waals surface area contributed by atoms with Gasteiger partial charge in [0, 0.05) is 41.6 Å². The Hall–Kier alpha value is -3.98. The van der Waals surface area contributed by atoms with E-state index in [4.69, 9.17) is 9.94 Å². The van der Waals surface area contributed by atoms with Gasteiger partial charge in [-0.2, -0.15) is 0 Å². The fourth-order valence-electron chi connectivity index (χ4n) is 4.14. The molecular formula is C25H26N4O5. The first-order chi connectivity index (χ1) is 16.4. The number of fused-ring (bicyclic) bond motifs is 1. The smallest absolute Gasteiger partial charge is 0.251 e. The molecule has 9 nitrogen and oxygen atoms in total. The minimum Gasteiger partial charge on any atom is -0.489 e. The van der Waals surface area contributed by atoms with Gasteiger partial charge in [0.05, 0.1) is 11.6 Å². The first kappa shape index (κ1) is 23.2. The van der Waals surface area contributed by atoms with Gasteiger partial charge >= 0.3 is 0 Å². The molecule has 1 fully saturated rings. The van der Waals surface area contributed by atoms with Gasteiger partial charge < -0.3 is 15.4 Å². The molecule has 0 radical (unpaired) electrons. The highest BCUT2D eigenvalue weighted by molar-refractivity contribution is 5.94. The van der Waals surface area contributed by atoms with Crippen molar-refractivity contribution in [2.45, 2.75) is 32.4 Å². The first-order valence-electron chi connectivity index (χ1n) is 11.0. The number of hydroxylamine groups is 1. The third-order valence-corrected chi connectivity index (χ3v) is 5.87. The predicted octanol–water partition coefficient (Wildman–Crippen LogP) is 2.25. The molecule has 4 rings (SSSR count). The van der Waals surface area contributed by atoms with E-state index >= 15 is 0 Å². The maximum atomic E-state index is 12.7. The zero-order chi connectivity index (χ0) is 24.1. The molecule has 34 heavy (non-hydrogen) atoms. The molecule has 1 aliphatic heterocycles. The second kappa shape index (κ2) is 10.3. The average Bonchev–Trinajstić information content (AvgIpc) is 2.84. The van der Waals surface area contributed by atoms with Gasteiger partial charge in [-0.25, -0.2) is 5.48 Å². The Morgan fingerprint density at radius 3 is 2.71 bits per heavy atom. The summed E-state index contributed by atoms with van der Waals surface area (Å²) >= 11 is 0. The van der Waals surface area contributed by atoms with Gasteiger partial charge in [0.1, 0.15) is 12.4 Å². The average molecular weight is 463 g/mol. The molecule has 2 atom stereocenters. The van der Waals surface area contributed by atoms with E-state index < -0.39 is 17.9 Å². The standard InChI is InChI=1S/C25H26N4O5/c1-15-10-18(20-4-2-3-5-21(20)27-15)14-34-19-8-6-16(7-9-19)25(32)28-22-13-26-23(30)11-17(22)12-24(31)29-33/h2-10,17,22,33H,11-14H2,1H3,(H,26,30)(H,28,32)(H,29,31)/t17?,22-/m1/s1. The number of nitrogens with zero attached hydrogens (tertiary/aromatic N) is 1. The van der Waals surface area contributed by atoms with Gasteiger partial charge in [0.25, 0.3) is 5.91 Å². The minimum absolute atomic E-state index is 0.0647. The third kappa shape index (κ3) is 5.49. The monoisotopic (exact) mass is 462 g/mol. The van der Waals surface area contributed by atoms with Crippen LogP contribution in [0.3, 0.4) is 0 Å². The van der Waals surface area contributed by atoms with Crippen molar-refractivity contribution in [1.82, 2.24) is 21.1 Å². The molecule has 0 spiro atoms. The second-order valence-corrected chi connectivity index (χ2v) is 8.34. The topological polar surface area (TPSA) is 130 Å². The molecule has 2 aromatic carbocycles. The van der Waals surface area contributed by atoms with Gasteiger partial charge in [0.15, 0.2) is 0 Å². The zero-order valence-electron chi connectivity index (χ0n) is 18.7. The van der Waals surface area contributed by atoms with Crippen LogP contribution in [-0.4, -0.2) is 40.5 Å². The summed E-state index contributed by atoms with van der Waals surface area (Å²) in [5, 5.41) is 15.4. The number of carbonyl (C=O) groups is 3. The van der Waals surface area contributed by atoms with Crippen LogP contribution in [0, 0.1) is 12.8 Å². The van der Waals surface area contributed by atoms with E-state index in [1.54, 1.807) is 29.7 Å². The van der Waals surface area contributed by atoms with Crippen LogP contribution in [-0.2, 0) is 16.2 Å². The number of aromatic nitrogens is 1. The number of para-hydroxylation sites is 1. The molecule has 9 heteroatoms. The van der Waals surface area contributed by atoms with Crippen molar-refractivity contribution < 1.29 is 24.3 Å². The number of hydrogen-bond acceptors (Lipinski definition) is 6. The summed E-state index contributed by atoms with van der Waals surface area (Å²) in [6.07, 6.45) is 0.0269. The largest absolute Gasteiger partial charge is 0.489 e. The highest BCUT2D eigenvalue weighted by Crippen LogP contribution is 2.22. The fraction of sp³-hybridized carbons (Fsp3) is 0.280. The van der Waals surface area contributed by atoms with E-state index in [0.29, 0.717) is 17.9 Å². The van der Waals surface area contributed by atoms with Crippen LogP contribution in [0.4, 0.5) is 0 Å². The Balaban J connectivity index is 1.39. The van der Waals surface area contributed by atoms with Crippen LogP contribution in [0.5, 0.6) is 5.75 Å². The molecule has 2 heterocycles. The summed E-state index contributed by atoms with van der Waals surface area (Å²) in [5.74, 6) is -0.904. The second-order valence-electron chi connectivity index (χ2n) is 8.34. The normalized spacial score (nSPS) is 17.6.